The lowest BCUT2D eigenvalue weighted by molar-refractivity contribution is -0.167. The first kappa shape index (κ1) is 61.6. The summed E-state index contributed by atoms with van der Waals surface area (Å²) in [6.45, 7) is 6.56. The van der Waals surface area contributed by atoms with E-state index in [1.54, 1.807) is 0 Å². The monoisotopic (exact) mass is 899 g/mol. The molecule has 0 bridgehead atoms. The maximum Gasteiger partial charge on any atom is 0.306 e. The molecule has 0 aromatic heterocycles. The summed E-state index contributed by atoms with van der Waals surface area (Å²) in [7, 11) is 0. The van der Waals surface area contributed by atoms with Crippen LogP contribution >= 0.6 is 0 Å². The second-order valence-electron chi connectivity index (χ2n) is 18.9. The van der Waals surface area contributed by atoms with E-state index in [2.05, 4.69) is 57.2 Å². The van der Waals surface area contributed by atoms with Crippen molar-refractivity contribution in [1.29, 1.82) is 0 Å². The number of carbonyl (C=O) groups excluding carboxylic acids is 3. The van der Waals surface area contributed by atoms with E-state index in [1.165, 1.54) is 180 Å². The highest BCUT2D eigenvalue weighted by molar-refractivity contribution is 5.71. The zero-order valence-corrected chi connectivity index (χ0v) is 42.8. The molecule has 0 saturated heterocycles. The van der Waals surface area contributed by atoms with Gasteiger partial charge in [0.1, 0.15) is 13.2 Å². The van der Waals surface area contributed by atoms with Crippen LogP contribution in [0.3, 0.4) is 0 Å². The first-order valence-corrected chi connectivity index (χ1v) is 28.0. The summed E-state index contributed by atoms with van der Waals surface area (Å²) in [6.07, 6.45) is 63.3. The Balaban J connectivity index is 3.95. The highest BCUT2D eigenvalue weighted by atomic mass is 16.6. The third-order valence-electron chi connectivity index (χ3n) is 12.4. The lowest BCUT2D eigenvalue weighted by Gasteiger charge is -2.18. The normalized spacial score (nSPS) is 12.2. The standard InChI is InChI=1S/C58H106O6/c1-4-7-10-13-15-17-19-21-22-23-24-25-26-27-28-29-30-31-32-33-34-35-36-37-39-40-42-45-48-51-57(60)63-54-55(53-62-56(59)50-47-44-12-9-6-3)64-58(61)52-49-46-43-41-38-20-18-16-14-11-8-5-2/h19,21,23-24,26-27,55H,4-18,20,22,25,28-54H2,1-3H3/b21-19-,24-23-,27-26-. The molecule has 0 amide bonds. The molecule has 0 aromatic carbocycles. The molecule has 6 heteroatoms. The molecule has 0 spiro atoms. The second-order valence-corrected chi connectivity index (χ2v) is 18.9. The summed E-state index contributed by atoms with van der Waals surface area (Å²) in [4.78, 5) is 37.6. The van der Waals surface area contributed by atoms with Crippen molar-refractivity contribution >= 4 is 17.9 Å². The molecular weight excluding hydrogens is 793 g/mol. The molecule has 1 unspecified atom stereocenters. The maximum absolute atomic E-state index is 12.7. The van der Waals surface area contributed by atoms with Gasteiger partial charge in [-0.3, -0.25) is 14.4 Å². The molecule has 6 nitrogen and oxygen atoms in total. The highest BCUT2D eigenvalue weighted by Gasteiger charge is 2.19. The van der Waals surface area contributed by atoms with Crippen molar-refractivity contribution in [3.05, 3.63) is 36.5 Å². The van der Waals surface area contributed by atoms with Crippen molar-refractivity contribution in [3.8, 4) is 0 Å². The van der Waals surface area contributed by atoms with Gasteiger partial charge in [0.05, 0.1) is 0 Å². The Morgan fingerprint density at radius 3 is 0.875 bits per heavy atom. The first-order chi connectivity index (χ1) is 31.5. The molecule has 64 heavy (non-hydrogen) atoms. The van der Waals surface area contributed by atoms with Crippen LogP contribution in [0.15, 0.2) is 36.5 Å². The van der Waals surface area contributed by atoms with Crippen LogP contribution in [0, 0.1) is 0 Å². The average Bonchev–Trinajstić information content (AvgIpc) is 3.29. The Morgan fingerprint density at radius 1 is 0.312 bits per heavy atom. The van der Waals surface area contributed by atoms with Gasteiger partial charge in [-0.1, -0.05) is 256 Å². The number of hydrogen-bond acceptors (Lipinski definition) is 6. The fraction of sp³-hybridized carbons (Fsp3) is 0.845. The van der Waals surface area contributed by atoms with Gasteiger partial charge in [0.25, 0.3) is 0 Å². The molecule has 374 valence electrons. The zero-order chi connectivity index (χ0) is 46.5. The van der Waals surface area contributed by atoms with Crippen LogP contribution < -0.4 is 0 Å². The molecule has 1 atom stereocenters. The minimum absolute atomic E-state index is 0.0688. The number of ether oxygens (including phenoxy) is 3. The number of esters is 3. The number of unbranched alkanes of at least 4 members (excludes halogenated alkanes) is 34. The van der Waals surface area contributed by atoms with Crippen LogP contribution in [-0.4, -0.2) is 37.2 Å². The molecule has 0 aliphatic carbocycles. The Hall–Kier alpha value is -2.37. The molecule has 0 aromatic rings. The van der Waals surface area contributed by atoms with Gasteiger partial charge in [-0.05, 0) is 57.8 Å². The summed E-state index contributed by atoms with van der Waals surface area (Å²) < 4.78 is 16.7. The topological polar surface area (TPSA) is 78.9 Å². The van der Waals surface area contributed by atoms with E-state index in [1.807, 2.05) is 0 Å². The zero-order valence-electron chi connectivity index (χ0n) is 42.8. The van der Waals surface area contributed by atoms with Crippen molar-refractivity contribution in [2.24, 2.45) is 0 Å². The number of hydrogen-bond donors (Lipinski definition) is 0. The summed E-state index contributed by atoms with van der Waals surface area (Å²) in [5, 5.41) is 0. The van der Waals surface area contributed by atoms with Crippen molar-refractivity contribution < 1.29 is 28.6 Å². The van der Waals surface area contributed by atoms with Gasteiger partial charge >= 0.3 is 17.9 Å². The second kappa shape index (κ2) is 53.2. The van der Waals surface area contributed by atoms with Crippen LogP contribution in [0.2, 0.25) is 0 Å². The van der Waals surface area contributed by atoms with E-state index < -0.39 is 6.10 Å². The minimum atomic E-state index is -0.763. The molecule has 0 radical (unpaired) electrons. The van der Waals surface area contributed by atoms with Gasteiger partial charge in [0.15, 0.2) is 6.10 Å². The largest absolute Gasteiger partial charge is 0.462 e. The number of carbonyl (C=O) groups is 3. The SMILES string of the molecule is CCCCCCC/C=C\C/C=C\C/C=C\CCCCCCCCCCCCCCCCC(=O)OCC(COC(=O)CCCCCCC)OC(=O)CCCCCCCCCCCCCC. The van der Waals surface area contributed by atoms with Crippen LogP contribution in [-0.2, 0) is 28.6 Å². The summed E-state index contributed by atoms with van der Waals surface area (Å²) in [6, 6.07) is 0. The van der Waals surface area contributed by atoms with Gasteiger partial charge in [-0.25, -0.2) is 0 Å². The Labute approximate surface area is 397 Å². The summed E-state index contributed by atoms with van der Waals surface area (Å²) in [5.41, 5.74) is 0. The fourth-order valence-corrected chi connectivity index (χ4v) is 8.16. The van der Waals surface area contributed by atoms with Gasteiger partial charge in [-0.2, -0.15) is 0 Å². The Kier molecular flexibility index (Phi) is 51.3. The molecule has 0 heterocycles. The molecule has 0 rings (SSSR count). The average molecular weight is 899 g/mol. The van der Waals surface area contributed by atoms with Gasteiger partial charge in [-0.15, -0.1) is 0 Å². The molecule has 0 aliphatic heterocycles. The lowest BCUT2D eigenvalue weighted by Crippen LogP contribution is -2.30. The van der Waals surface area contributed by atoms with Crippen LogP contribution in [0.1, 0.15) is 297 Å². The van der Waals surface area contributed by atoms with Crippen LogP contribution in [0.5, 0.6) is 0 Å². The predicted molar refractivity (Wildman–Crippen MR) is 275 cm³/mol. The molecule has 0 fully saturated rings. The fourth-order valence-electron chi connectivity index (χ4n) is 8.16. The third kappa shape index (κ3) is 50.6. The van der Waals surface area contributed by atoms with Crippen LogP contribution in [0.4, 0.5) is 0 Å². The summed E-state index contributed by atoms with van der Waals surface area (Å²) >= 11 is 0. The van der Waals surface area contributed by atoms with Crippen molar-refractivity contribution in [3.63, 3.8) is 0 Å². The third-order valence-corrected chi connectivity index (χ3v) is 12.4. The van der Waals surface area contributed by atoms with E-state index in [0.29, 0.717) is 19.3 Å². The van der Waals surface area contributed by atoms with E-state index >= 15 is 0 Å². The lowest BCUT2D eigenvalue weighted by atomic mass is 10.0. The van der Waals surface area contributed by atoms with E-state index in [0.717, 1.165) is 77.0 Å². The molecule has 0 saturated carbocycles. The van der Waals surface area contributed by atoms with Gasteiger partial charge < -0.3 is 14.2 Å². The van der Waals surface area contributed by atoms with Crippen molar-refractivity contribution in [2.75, 3.05) is 13.2 Å². The highest BCUT2D eigenvalue weighted by Crippen LogP contribution is 2.16. The van der Waals surface area contributed by atoms with E-state index in [4.69, 9.17) is 14.2 Å². The Morgan fingerprint density at radius 2 is 0.562 bits per heavy atom. The summed E-state index contributed by atoms with van der Waals surface area (Å²) in [5.74, 6) is -0.872. The van der Waals surface area contributed by atoms with Crippen molar-refractivity contribution in [1.82, 2.24) is 0 Å². The quantitative estimate of drug-likeness (QED) is 0.0262. The van der Waals surface area contributed by atoms with E-state index in [9.17, 15) is 14.4 Å². The van der Waals surface area contributed by atoms with Crippen molar-refractivity contribution in [2.45, 2.75) is 303 Å². The minimum Gasteiger partial charge on any atom is -0.462 e. The predicted octanol–water partition coefficient (Wildman–Crippen LogP) is 18.5. The van der Waals surface area contributed by atoms with Gasteiger partial charge in [0.2, 0.25) is 0 Å². The number of rotatable bonds is 51. The van der Waals surface area contributed by atoms with Gasteiger partial charge in [0, 0.05) is 19.3 Å². The van der Waals surface area contributed by atoms with Crippen LogP contribution in [0.25, 0.3) is 0 Å². The van der Waals surface area contributed by atoms with E-state index in [-0.39, 0.29) is 31.1 Å². The molecule has 0 N–H and O–H groups in total. The molecular formula is C58H106O6. The maximum atomic E-state index is 12.7. The first-order valence-electron chi connectivity index (χ1n) is 28.0. The molecule has 0 aliphatic rings. The Bertz CT molecular complexity index is 1080. The smallest absolute Gasteiger partial charge is 0.306 e. The number of allylic oxidation sites excluding steroid dienone is 6.